The van der Waals surface area contributed by atoms with Gasteiger partial charge in [-0.3, -0.25) is 4.90 Å². The molecule has 12 heavy (non-hydrogen) atoms. The van der Waals surface area contributed by atoms with Crippen LogP contribution in [-0.4, -0.2) is 35.0 Å². The standard InChI is InChI=1S/C9H16N2S/c1-9(2)3-5-11(6-4-10)7-8-12-9/h3,5-8H2,1-2H3. The van der Waals surface area contributed by atoms with E-state index in [9.17, 15) is 0 Å². The summed E-state index contributed by atoms with van der Waals surface area (Å²) in [6.45, 7) is 7.31. The predicted octanol–water partition coefficient (Wildman–Crippen LogP) is 1.73. The Morgan fingerprint density at radius 3 is 2.92 bits per heavy atom. The van der Waals surface area contributed by atoms with Crippen molar-refractivity contribution in [2.45, 2.75) is 25.0 Å². The van der Waals surface area contributed by atoms with Crippen LogP contribution in [0, 0.1) is 11.3 Å². The number of rotatable bonds is 1. The molecule has 1 aliphatic rings. The van der Waals surface area contributed by atoms with Gasteiger partial charge >= 0.3 is 0 Å². The van der Waals surface area contributed by atoms with Gasteiger partial charge < -0.3 is 0 Å². The molecule has 0 aliphatic carbocycles. The summed E-state index contributed by atoms with van der Waals surface area (Å²) in [6, 6.07) is 2.21. The molecule has 1 aliphatic heterocycles. The van der Waals surface area contributed by atoms with E-state index < -0.39 is 0 Å². The Bertz CT molecular complexity index is 183. The molecule has 1 saturated heterocycles. The molecule has 0 radical (unpaired) electrons. The van der Waals surface area contributed by atoms with Gasteiger partial charge in [-0.25, -0.2) is 0 Å². The normalized spacial score (nSPS) is 24.4. The maximum absolute atomic E-state index is 8.54. The lowest BCUT2D eigenvalue weighted by Gasteiger charge is -2.21. The van der Waals surface area contributed by atoms with E-state index in [-0.39, 0.29) is 0 Å². The van der Waals surface area contributed by atoms with Crippen LogP contribution >= 0.6 is 11.8 Å². The van der Waals surface area contributed by atoms with Gasteiger partial charge in [0, 0.05) is 23.6 Å². The third-order valence-corrected chi connectivity index (χ3v) is 3.60. The molecule has 0 N–H and O–H groups in total. The molecule has 2 nitrogen and oxygen atoms in total. The minimum Gasteiger partial charge on any atom is -0.290 e. The number of hydrogen-bond donors (Lipinski definition) is 0. The molecule has 0 amide bonds. The van der Waals surface area contributed by atoms with Crippen LogP contribution in [0.25, 0.3) is 0 Å². The second kappa shape index (κ2) is 4.15. The van der Waals surface area contributed by atoms with Gasteiger partial charge in [0.15, 0.2) is 0 Å². The van der Waals surface area contributed by atoms with E-state index >= 15 is 0 Å². The summed E-state index contributed by atoms with van der Waals surface area (Å²) in [4.78, 5) is 2.24. The summed E-state index contributed by atoms with van der Waals surface area (Å²) in [5.41, 5.74) is 0. The SMILES string of the molecule is CC1(C)CCN(CC#N)CCS1. The number of thioether (sulfide) groups is 1. The quantitative estimate of drug-likeness (QED) is 0.581. The van der Waals surface area contributed by atoms with Crippen LogP contribution in [0.5, 0.6) is 0 Å². The van der Waals surface area contributed by atoms with Crippen molar-refractivity contribution in [1.29, 1.82) is 5.26 Å². The van der Waals surface area contributed by atoms with E-state index in [0.717, 1.165) is 18.8 Å². The molecule has 0 aromatic carbocycles. The highest BCUT2D eigenvalue weighted by Crippen LogP contribution is 2.30. The van der Waals surface area contributed by atoms with Gasteiger partial charge in [0.2, 0.25) is 0 Å². The minimum absolute atomic E-state index is 0.407. The van der Waals surface area contributed by atoms with Crippen molar-refractivity contribution in [3.8, 4) is 6.07 Å². The summed E-state index contributed by atoms with van der Waals surface area (Å²) in [5, 5.41) is 8.54. The monoisotopic (exact) mass is 184 g/mol. The van der Waals surface area contributed by atoms with Crippen LogP contribution in [-0.2, 0) is 0 Å². The molecule has 68 valence electrons. The molecule has 3 heteroatoms. The topological polar surface area (TPSA) is 27.0 Å². The fraction of sp³-hybridized carbons (Fsp3) is 0.889. The van der Waals surface area contributed by atoms with E-state index in [1.165, 1.54) is 6.42 Å². The highest BCUT2D eigenvalue weighted by molar-refractivity contribution is 8.00. The highest BCUT2D eigenvalue weighted by atomic mass is 32.2. The summed E-state index contributed by atoms with van der Waals surface area (Å²) in [5.74, 6) is 1.16. The molecule has 1 rings (SSSR count). The summed E-state index contributed by atoms with van der Waals surface area (Å²) >= 11 is 2.02. The van der Waals surface area contributed by atoms with Crippen LogP contribution in [0.3, 0.4) is 0 Å². The molecule has 1 heterocycles. The smallest absolute Gasteiger partial charge is 0.0866 e. The second-order valence-corrected chi connectivity index (χ2v) is 5.59. The Labute approximate surface area is 78.9 Å². The van der Waals surface area contributed by atoms with Crippen LogP contribution in [0.4, 0.5) is 0 Å². The lowest BCUT2D eigenvalue weighted by molar-refractivity contribution is 0.317. The van der Waals surface area contributed by atoms with Gasteiger partial charge in [-0.05, 0) is 6.42 Å². The first-order valence-corrected chi connectivity index (χ1v) is 5.36. The molecule has 0 aromatic heterocycles. The number of hydrogen-bond acceptors (Lipinski definition) is 3. The van der Waals surface area contributed by atoms with Crippen molar-refractivity contribution in [2.24, 2.45) is 0 Å². The lowest BCUT2D eigenvalue weighted by atomic mass is 10.1. The average Bonchev–Trinajstić information content (AvgIpc) is 2.14. The zero-order chi connectivity index (χ0) is 9.03. The minimum atomic E-state index is 0.407. The van der Waals surface area contributed by atoms with Gasteiger partial charge in [-0.15, -0.1) is 0 Å². The third kappa shape index (κ3) is 3.04. The maximum Gasteiger partial charge on any atom is 0.0866 e. The predicted molar refractivity (Wildman–Crippen MR) is 53.2 cm³/mol. The molecular formula is C9H16N2S. The van der Waals surface area contributed by atoms with E-state index in [1.807, 2.05) is 11.8 Å². The van der Waals surface area contributed by atoms with Gasteiger partial charge in [0.05, 0.1) is 12.6 Å². The summed E-state index contributed by atoms with van der Waals surface area (Å²) < 4.78 is 0.407. The Kier molecular flexibility index (Phi) is 3.42. The molecule has 0 bridgehead atoms. The summed E-state index contributed by atoms with van der Waals surface area (Å²) in [7, 11) is 0. The van der Waals surface area contributed by atoms with Crippen molar-refractivity contribution in [3.63, 3.8) is 0 Å². The number of nitriles is 1. The van der Waals surface area contributed by atoms with Crippen LogP contribution in [0.2, 0.25) is 0 Å². The van der Waals surface area contributed by atoms with Crippen LogP contribution in [0.15, 0.2) is 0 Å². The molecular weight excluding hydrogens is 168 g/mol. The van der Waals surface area contributed by atoms with Crippen LogP contribution < -0.4 is 0 Å². The van der Waals surface area contributed by atoms with Crippen molar-refractivity contribution < 1.29 is 0 Å². The van der Waals surface area contributed by atoms with E-state index in [1.54, 1.807) is 0 Å². The molecule has 0 saturated carbocycles. The third-order valence-electron chi connectivity index (χ3n) is 2.22. The van der Waals surface area contributed by atoms with Crippen LogP contribution in [0.1, 0.15) is 20.3 Å². The van der Waals surface area contributed by atoms with Crippen molar-refractivity contribution >= 4 is 11.8 Å². The first kappa shape index (κ1) is 9.88. The Balaban J connectivity index is 2.40. The largest absolute Gasteiger partial charge is 0.290 e. The zero-order valence-electron chi connectivity index (χ0n) is 7.84. The molecule has 0 atom stereocenters. The fourth-order valence-corrected chi connectivity index (χ4v) is 2.46. The lowest BCUT2D eigenvalue weighted by Crippen LogP contribution is -2.27. The molecule has 0 spiro atoms. The van der Waals surface area contributed by atoms with Crippen molar-refractivity contribution in [1.82, 2.24) is 4.90 Å². The summed E-state index contributed by atoms with van der Waals surface area (Å²) in [6.07, 6.45) is 1.19. The second-order valence-electron chi connectivity index (χ2n) is 3.79. The first-order chi connectivity index (χ1) is 5.64. The molecule has 1 fully saturated rings. The van der Waals surface area contributed by atoms with Gasteiger partial charge in [0.25, 0.3) is 0 Å². The van der Waals surface area contributed by atoms with Gasteiger partial charge in [0.1, 0.15) is 0 Å². The Hall–Kier alpha value is -0.200. The van der Waals surface area contributed by atoms with Crippen molar-refractivity contribution in [2.75, 3.05) is 25.4 Å². The number of nitrogens with zero attached hydrogens (tertiary/aromatic N) is 2. The Morgan fingerprint density at radius 2 is 2.25 bits per heavy atom. The van der Waals surface area contributed by atoms with E-state index in [4.69, 9.17) is 5.26 Å². The van der Waals surface area contributed by atoms with E-state index in [2.05, 4.69) is 24.8 Å². The average molecular weight is 184 g/mol. The van der Waals surface area contributed by atoms with Crippen molar-refractivity contribution in [3.05, 3.63) is 0 Å². The first-order valence-electron chi connectivity index (χ1n) is 4.37. The zero-order valence-corrected chi connectivity index (χ0v) is 8.65. The van der Waals surface area contributed by atoms with Gasteiger partial charge in [-0.1, -0.05) is 13.8 Å². The fourth-order valence-electron chi connectivity index (χ4n) is 1.32. The molecule has 0 aromatic rings. The highest BCUT2D eigenvalue weighted by Gasteiger charge is 2.22. The molecule has 0 unspecified atom stereocenters. The van der Waals surface area contributed by atoms with E-state index in [0.29, 0.717) is 11.3 Å². The maximum atomic E-state index is 8.54. The van der Waals surface area contributed by atoms with Gasteiger partial charge in [-0.2, -0.15) is 17.0 Å². The Morgan fingerprint density at radius 1 is 1.50 bits per heavy atom.